The predicted molar refractivity (Wildman–Crippen MR) is 137 cm³/mol. The molecular weight excluding hydrogens is 460 g/mol. The number of nitrogens with zero attached hydrogens (tertiary/aromatic N) is 3. The molecule has 1 aromatic carbocycles. The summed E-state index contributed by atoms with van der Waals surface area (Å²) in [6.45, 7) is 13.2. The fourth-order valence-electron chi connectivity index (χ4n) is 5.94. The molecule has 0 bridgehead atoms. The third-order valence-corrected chi connectivity index (χ3v) is 7.73. The third-order valence-electron chi connectivity index (χ3n) is 7.73. The zero-order valence-corrected chi connectivity index (χ0v) is 22.2. The van der Waals surface area contributed by atoms with E-state index in [9.17, 15) is 14.4 Å². The highest BCUT2D eigenvalue weighted by molar-refractivity contribution is 5.99. The first-order valence-electron chi connectivity index (χ1n) is 13.0. The van der Waals surface area contributed by atoms with Gasteiger partial charge >= 0.3 is 0 Å². The molecule has 36 heavy (non-hydrogen) atoms. The van der Waals surface area contributed by atoms with Gasteiger partial charge in [0.05, 0.1) is 12.5 Å². The van der Waals surface area contributed by atoms with E-state index >= 15 is 0 Å². The Kier molecular flexibility index (Phi) is 7.73. The largest absolute Gasteiger partial charge is 0.377 e. The van der Waals surface area contributed by atoms with Gasteiger partial charge in [-0.05, 0) is 42.1 Å². The molecule has 0 unspecified atom stereocenters. The molecule has 0 aliphatic carbocycles. The van der Waals surface area contributed by atoms with Crippen molar-refractivity contribution in [3.8, 4) is 0 Å². The number of ketones is 1. The van der Waals surface area contributed by atoms with E-state index in [4.69, 9.17) is 15.2 Å². The summed E-state index contributed by atoms with van der Waals surface area (Å²) in [5.41, 5.74) is 7.18. The van der Waals surface area contributed by atoms with E-state index in [0.29, 0.717) is 11.1 Å². The van der Waals surface area contributed by atoms with Crippen molar-refractivity contribution >= 4 is 23.3 Å². The van der Waals surface area contributed by atoms with Gasteiger partial charge in [0.25, 0.3) is 0 Å². The van der Waals surface area contributed by atoms with Gasteiger partial charge in [-0.25, -0.2) is 0 Å². The number of carbonyl (C=O) groups is 3. The highest BCUT2D eigenvalue weighted by Gasteiger charge is 2.54. The van der Waals surface area contributed by atoms with Crippen LogP contribution in [0.1, 0.15) is 56.0 Å². The molecule has 4 atom stereocenters. The number of ether oxygens (including phenoxy) is 2. The minimum absolute atomic E-state index is 0.0226. The van der Waals surface area contributed by atoms with E-state index in [2.05, 4.69) is 16.7 Å². The van der Waals surface area contributed by atoms with Crippen molar-refractivity contribution in [1.82, 2.24) is 9.80 Å². The van der Waals surface area contributed by atoms with Crippen LogP contribution in [-0.2, 0) is 19.1 Å². The molecule has 9 heteroatoms. The predicted octanol–water partition coefficient (Wildman–Crippen LogP) is 1.64. The molecule has 3 saturated heterocycles. The molecule has 3 aliphatic heterocycles. The van der Waals surface area contributed by atoms with Crippen LogP contribution in [0.15, 0.2) is 18.2 Å². The van der Waals surface area contributed by atoms with Crippen LogP contribution in [0.3, 0.4) is 0 Å². The monoisotopic (exact) mass is 500 g/mol. The standard InChI is InChI=1S/C27H40N4O5/c1-6-9-29-10-12-30(13-11-29)17-7-8-18(25(28)33)19(14-17)22(27(2,3)4)26(34)31-15-21(35-5)24-23(31)20(32)16-36-24/h7-8,14,21-24H,6,9-13,15-16H2,1-5H3,(H2,28,33)/t21-,22+,23-,24-/m1/s1. The van der Waals surface area contributed by atoms with Gasteiger partial charge in [0.1, 0.15) is 24.9 Å². The van der Waals surface area contributed by atoms with E-state index < -0.39 is 29.4 Å². The number of carbonyl (C=O) groups excluding carboxylic acids is 3. The summed E-state index contributed by atoms with van der Waals surface area (Å²) in [6, 6.07) is 4.95. The van der Waals surface area contributed by atoms with Gasteiger partial charge < -0.3 is 25.0 Å². The lowest BCUT2D eigenvalue weighted by molar-refractivity contribution is -0.140. The lowest BCUT2D eigenvalue weighted by Crippen LogP contribution is -2.47. The molecule has 2 amide bonds. The summed E-state index contributed by atoms with van der Waals surface area (Å²) in [5.74, 6) is -1.57. The molecule has 0 aromatic heterocycles. The summed E-state index contributed by atoms with van der Waals surface area (Å²) >= 11 is 0. The third kappa shape index (κ3) is 5.01. The molecule has 3 aliphatic rings. The van der Waals surface area contributed by atoms with E-state index in [1.807, 2.05) is 32.9 Å². The van der Waals surface area contributed by atoms with E-state index in [1.54, 1.807) is 18.1 Å². The number of hydrogen-bond donors (Lipinski definition) is 1. The molecule has 1 aromatic rings. The first-order valence-corrected chi connectivity index (χ1v) is 13.0. The molecule has 2 N–H and O–H groups in total. The van der Waals surface area contributed by atoms with Crippen molar-refractivity contribution in [3.05, 3.63) is 29.3 Å². The van der Waals surface area contributed by atoms with Gasteiger partial charge in [-0.3, -0.25) is 19.3 Å². The maximum Gasteiger partial charge on any atom is 0.249 e. The van der Waals surface area contributed by atoms with Crippen LogP contribution in [0.5, 0.6) is 0 Å². The second-order valence-electron chi connectivity index (χ2n) is 11.2. The average Bonchev–Trinajstić information content (AvgIpc) is 3.39. The van der Waals surface area contributed by atoms with Crippen molar-refractivity contribution in [2.24, 2.45) is 11.1 Å². The first kappa shape index (κ1) is 26.6. The summed E-state index contributed by atoms with van der Waals surface area (Å²) in [5, 5.41) is 0. The number of methoxy groups -OCH3 is 1. The number of rotatable bonds is 7. The summed E-state index contributed by atoms with van der Waals surface area (Å²) in [6.07, 6.45) is 0.295. The molecule has 0 radical (unpaired) electrons. The number of anilines is 1. The van der Waals surface area contributed by atoms with E-state index in [-0.39, 0.29) is 30.9 Å². The van der Waals surface area contributed by atoms with Crippen LogP contribution in [0.25, 0.3) is 0 Å². The van der Waals surface area contributed by atoms with Crippen LogP contribution < -0.4 is 10.6 Å². The second-order valence-corrected chi connectivity index (χ2v) is 11.2. The molecule has 198 valence electrons. The topological polar surface area (TPSA) is 105 Å². The number of likely N-dealkylation sites (tertiary alicyclic amines) is 1. The zero-order valence-electron chi connectivity index (χ0n) is 22.2. The Morgan fingerprint density at radius 2 is 1.89 bits per heavy atom. The Morgan fingerprint density at radius 3 is 2.47 bits per heavy atom. The minimum atomic E-state index is -0.675. The molecule has 0 saturated carbocycles. The van der Waals surface area contributed by atoms with Gasteiger partial charge in [-0.2, -0.15) is 0 Å². The van der Waals surface area contributed by atoms with Crippen LogP contribution in [-0.4, -0.2) is 98.6 Å². The number of Topliss-reactive ketones (excluding diaryl/α,β-unsaturated/α-hetero) is 1. The van der Waals surface area contributed by atoms with Crippen LogP contribution in [0, 0.1) is 5.41 Å². The fraction of sp³-hybridized carbons (Fsp3) is 0.667. The number of primary amides is 1. The maximum atomic E-state index is 14.2. The van der Waals surface area contributed by atoms with Crippen molar-refractivity contribution < 1.29 is 23.9 Å². The Morgan fingerprint density at radius 1 is 1.19 bits per heavy atom. The van der Waals surface area contributed by atoms with Gasteiger partial charge in [-0.1, -0.05) is 27.7 Å². The number of amides is 2. The molecule has 9 nitrogen and oxygen atoms in total. The average molecular weight is 501 g/mol. The lowest BCUT2D eigenvalue weighted by Gasteiger charge is -2.38. The number of hydrogen-bond acceptors (Lipinski definition) is 7. The quantitative estimate of drug-likeness (QED) is 0.607. The minimum Gasteiger partial charge on any atom is -0.377 e. The summed E-state index contributed by atoms with van der Waals surface area (Å²) in [7, 11) is 1.57. The molecular formula is C27H40N4O5. The number of piperazine rings is 1. The van der Waals surface area contributed by atoms with Crippen molar-refractivity contribution in [2.75, 3.05) is 57.9 Å². The second kappa shape index (κ2) is 10.5. The van der Waals surface area contributed by atoms with Gasteiger partial charge in [0.2, 0.25) is 11.8 Å². The molecule has 3 fully saturated rings. The molecule has 3 heterocycles. The first-order chi connectivity index (χ1) is 17.1. The van der Waals surface area contributed by atoms with Crippen LogP contribution in [0.2, 0.25) is 0 Å². The Balaban J connectivity index is 1.70. The number of fused-ring (bicyclic) bond motifs is 1. The molecule has 0 spiro atoms. The summed E-state index contributed by atoms with van der Waals surface area (Å²) in [4.78, 5) is 45.8. The zero-order chi connectivity index (χ0) is 26.2. The number of benzene rings is 1. The highest BCUT2D eigenvalue weighted by Crippen LogP contribution is 2.42. The SMILES string of the molecule is CCCN1CCN(c2ccc(C(N)=O)c([C@@H](C(=O)N3C[C@@H](OC)[C@H]4OCC(=O)[C@H]43)C(C)(C)C)c2)CC1. The van der Waals surface area contributed by atoms with Crippen LogP contribution in [0.4, 0.5) is 5.69 Å². The Hall–Kier alpha value is -2.49. The normalized spacial score (nSPS) is 25.8. The smallest absolute Gasteiger partial charge is 0.249 e. The van der Waals surface area contributed by atoms with E-state index in [0.717, 1.165) is 44.8 Å². The van der Waals surface area contributed by atoms with Crippen LogP contribution >= 0.6 is 0 Å². The Bertz CT molecular complexity index is 998. The fourth-order valence-corrected chi connectivity index (χ4v) is 5.94. The van der Waals surface area contributed by atoms with E-state index in [1.165, 1.54) is 0 Å². The van der Waals surface area contributed by atoms with Crippen molar-refractivity contribution in [1.29, 1.82) is 0 Å². The van der Waals surface area contributed by atoms with Gasteiger partial charge in [-0.15, -0.1) is 0 Å². The number of nitrogens with two attached hydrogens (primary N) is 1. The Labute approximate surface area is 213 Å². The molecule has 4 rings (SSSR count). The summed E-state index contributed by atoms with van der Waals surface area (Å²) < 4.78 is 11.2. The maximum absolute atomic E-state index is 14.2. The van der Waals surface area contributed by atoms with Gasteiger partial charge in [0, 0.05) is 44.5 Å². The van der Waals surface area contributed by atoms with Crippen molar-refractivity contribution in [3.63, 3.8) is 0 Å². The lowest BCUT2D eigenvalue weighted by atomic mass is 9.73. The van der Waals surface area contributed by atoms with Gasteiger partial charge in [0.15, 0.2) is 5.78 Å². The highest BCUT2D eigenvalue weighted by atomic mass is 16.5. The van der Waals surface area contributed by atoms with Crippen molar-refractivity contribution in [2.45, 2.75) is 58.3 Å².